The van der Waals surface area contributed by atoms with Gasteiger partial charge in [0.25, 0.3) is 0 Å². The monoisotopic (exact) mass is 444 g/mol. The highest BCUT2D eigenvalue weighted by Gasteiger charge is 2.50. The third-order valence-corrected chi connectivity index (χ3v) is 7.82. The molecule has 4 rings (SSSR count). The predicted octanol–water partition coefficient (Wildman–Crippen LogP) is 3.93. The Balaban J connectivity index is 0.00000132. The van der Waals surface area contributed by atoms with Crippen LogP contribution in [-0.2, 0) is 21.3 Å². The van der Waals surface area contributed by atoms with Crippen LogP contribution in [0.15, 0.2) is 59.5 Å². The molecule has 2 aliphatic heterocycles. The molecule has 0 atom stereocenters. The fourth-order valence-corrected chi connectivity index (χ4v) is 5.94. The molecule has 168 valence electrons. The maximum absolute atomic E-state index is 13.3. The van der Waals surface area contributed by atoms with E-state index >= 15 is 0 Å². The molecule has 1 spiro atoms. The molecule has 0 radical (unpaired) electrons. The van der Waals surface area contributed by atoms with E-state index in [2.05, 4.69) is 17.0 Å². The molecule has 2 fully saturated rings. The van der Waals surface area contributed by atoms with Crippen molar-refractivity contribution in [3.05, 3.63) is 65.7 Å². The number of benzene rings is 2. The van der Waals surface area contributed by atoms with Crippen LogP contribution in [0.4, 0.5) is 0 Å². The largest absolute Gasteiger partial charge is 0.358 e. The molecule has 0 amide bonds. The lowest BCUT2D eigenvalue weighted by Crippen LogP contribution is -2.54. The first kappa shape index (κ1) is 23.6. The highest BCUT2D eigenvalue weighted by atomic mass is 32.2. The summed E-state index contributed by atoms with van der Waals surface area (Å²) in [6.07, 6.45) is 1.29. The van der Waals surface area contributed by atoms with Crippen LogP contribution in [0, 0.1) is 0 Å². The van der Waals surface area contributed by atoms with Crippen LogP contribution in [0.1, 0.15) is 49.5 Å². The molecule has 7 heteroatoms. The van der Waals surface area contributed by atoms with E-state index in [9.17, 15) is 13.2 Å². The minimum atomic E-state index is -3.69. The Morgan fingerprint density at radius 2 is 1.58 bits per heavy atom. The van der Waals surface area contributed by atoms with Gasteiger partial charge in [-0.15, -0.1) is 0 Å². The Kier molecular flexibility index (Phi) is 7.64. The van der Waals surface area contributed by atoms with E-state index in [4.69, 9.17) is 4.74 Å². The summed E-state index contributed by atoms with van der Waals surface area (Å²) >= 11 is 0. The SMILES string of the molecule is CC.CC(=O)c1ccc(S(=O)(=O)N2CCOC23CCN(Cc2ccccc2)CC3)cc1. The van der Waals surface area contributed by atoms with Gasteiger partial charge >= 0.3 is 0 Å². The lowest BCUT2D eigenvalue weighted by molar-refractivity contribution is -0.0917. The topological polar surface area (TPSA) is 66.9 Å². The van der Waals surface area contributed by atoms with Gasteiger partial charge in [-0.1, -0.05) is 56.3 Å². The number of hydrogen-bond acceptors (Lipinski definition) is 5. The van der Waals surface area contributed by atoms with E-state index in [0.29, 0.717) is 31.6 Å². The zero-order chi connectivity index (χ0) is 22.5. The molecule has 0 saturated carbocycles. The number of Topliss-reactive ketones (excluding diaryl/α,β-unsaturated/α-hetero) is 1. The molecule has 0 N–H and O–H groups in total. The van der Waals surface area contributed by atoms with Crippen molar-refractivity contribution in [1.29, 1.82) is 0 Å². The van der Waals surface area contributed by atoms with Crippen molar-refractivity contribution in [2.24, 2.45) is 0 Å². The van der Waals surface area contributed by atoms with E-state index < -0.39 is 15.7 Å². The molecule has 0 aliphatic carbocycles. The fourth-order valence-electron chi connectivity index (χ4n) is 4.22. The maximum Gasteiger partial charge on any atom is 0.245 e. The molecule has 2 heterocycles. The minimum absolute atomic E-state index is 0.0827. The Labute approximate surface area is 185 Å². The van der Waals surface area contributed by atoms with Crippen LogP contribution in [0.25, 0.3) is 0 Å². The van der Waals surface area contributed by atoms with Crippen LogP contribution < -0.4 is 0 Å². The molecule has 0 bridgehead atoms. The van der Waals surface area contributed by atoms with E-state index in [0.717, 1.165) is 19.6 Å². The van der Waals surface area contributed by atoms with Gasteiger partial charge in [-0.3, -0.25) is 9.69 Å². The summed E-state index contributed by atoms with van der Waals surface area (Å²) in [4.78, 5) is 14.0. The quantitative estimate of drug-likeness (QED) is 0.654. The second-order valence-electron chi connectivity index (χ2n) is 7.71. The van der Waals surface area contributed by atoms with Crippen molar-refractivity contribution >= 4 is 15.8 Å². The highest BCUT2D eigenvalue weighted by Crippen LogP contribution is 2.38. The Hall–Kier alpha value is -2.06. The zero-order valence-electron chi connectivity index (χ0n) is 18.6. The molecular weight excluding hydrogens is 412 g/mol. The Bertz CT molecular complexity index is 966. The van der Waals surface area contributed by atoms with E-state index in [-0.39, 0.29) is 10.7 Å². The summed E-state index contributed by atoms with van der Waals surface area (Å²) in [6, 6.07) is 16.5. The number of ketones is 1. The average molecular weight is 445 g/mol. The molecule has 2 aromatic carbocycles. The molecule has 6 nitrogen and oxygen atoms in total. The van der Waals surface area contributed by atoms with Crippen molar-refractivity contribution in [1.82, 2.24) is 9.21 Å². The van der Waals surface area contributed by atoms with E-state index in [1.165, 1.54) is 28.9 Å². The summed E-state index contributed by atoms with van der Waals surface area (Å²) in [5.74, 6) is -0.0827. The lowest BCUT2D eigenvalue weighted by Gasteiger charge is -2.42. The van der Waals surface area contributed by atoms with Crippen molar-refractivity contribution in [2.45, 2.75) is 50.8 Å². The lowest BCUT2D eigenvalue weighted by atomic mass is 10.00. The first-order valence-corrected chi connectivity index (χ1v) is 12.4. The Morgan fingerprint density at radius 3 is 2.16 bits per heavy atom. The summed E-state index contributed by atoms with van der Waals surface area (Å²) < 4.78 is 34.2. The van der Waals surface area contributed by atoms with Gasteiger partial charge in [0, 0.05) is 44.6 Å². The van der Waals surface area contributed by atoms with Gasteiger partial charge in [-0.05, 0) is 24.6 Å². The number of piperidine rings is 1. The molecule has 2 saturated heterocycles. The first-order valence-electron chi connectivity index (χ1n) is 10.9. The van der Waals surface area contributed by atoms with Gasteiger partial charge in [0.1, 0.15) is 5.72 Å². The number of sulfonamides is 1. The third-order valence-electron chi connectivity index (χ3n) is 5.85. The number of ether oxygens (including phenoxy) is 1. The Morgan fingerprint density at radius 1 is 0.968 bits per heavy atom. The summed E-state index contributed by atoms with van der Waals surface area (Å²) in [5.41, 5.74) is 0.988. The van der Waals surface area contributed by atoms with Crippen molar-refractivity contribution < 1.29 is 17.9 Å². The van der Waals surface area contributed by atoms with Gasteiger partial charge in [-0.2, -0.15) is 4.31 Å². The van der Waals surface area contributed by atoms with Gasteiger partial charge in [0.15, 0.2) is 5.78 Å². The van der Waals surface area contributed by atoms with Crippen LogP contribution in [0.5, 0.6) is 0 Å². The number of carbonyl (C=O) groups excluding carboxylic acids is 1. The van der Waals surface area contributed by atoms with Crippen LogP contribution in [0.3, 0.4) is 0 Å². The maximum atomic E-state index is 13.3. The van der Waals surface area contributed by atoms with E-state index in [1.54, 1.807) is 12.1 Å². The number of nitrogens with zero attached hydrogens (tertiary/aromatic N) is 2. The smallest absolute Gasteiger partial charge is 0.245 e. The van der Waals surface area contributed by atoms with Crippen LogP contribution in [-0.4, -0.2) is 55.4 Å². The van der Waals surface area contributed by atoms with Crippen LogP contribution >= 0.6 is 0 Å². The van der Waals surface area contributed by atoms with Crippen molar-refractivity contribution in [2.75, 3.05) is 26.2 Å². The van der Waals surface area contributed by atoms with Gasteiger partial charge in [0.05, 0.1) is 11.5 Å². The number of likely N-dealkylation sites (tertiary alicyclic amines) is 1. The van der Waals surface area contributed by atoms with Crippen molar-refractivity contribution in [3.63, 3.8) is 0 Å². The average Bonchev–Trinajstić information content (AvgIpc) is 3.21. The van der Waals surface area contributed by atoms with Gasteiger partial charge < -0.3 is 4.74 Å². The molecule has 0 unspecified atom stereocenters. The van der Waals surface area contributed by atoms with Crippen molar-refractivity contribution in [3.8, 4) is 0 Å². The second kappa shape index (κ2) is 10.0. The fraction of sp³-hybridized carbons (Fsp3) is 0.458. The third kappa shape index (κ3) is 5.06. The minimum Gasteiger partial charge on any atom is -0.358 e. The standard InChI is InChI=1S/C22H26N2O4S.C2H6/c1-18(25)20-7-9-21(10-8-20)29(26,27)24-15-16-28-22(24)11-13-23(14-12-22)17-19-5-3-2-4-6-19;1-2/h2-10H,11-17H2,1H3;1-2H3. The number of hydrogen-bond donors (Lipinski definition) is 0. The molecule has 0 aromatic heterocycles. The summed E-state index contributed by atoms with van der Waals surface area (Å²) in [7, 11) is -3.69. The summed E-state index contributed by atoms with van der Waals surface area (Å²) in [5, 5.41) is 0. The summed E-state index contributed by atoms with van der Waals surface area (Å²) in [6.45, 7) is 8.65. The van der Waals surface area contributed by atoms with Gasteiger partial charge in [-0.25, -0.2) is 8.42 Å². The first-order chi connectivity index (χ1) is 14.9. The van der Waals surface area contributed by atoms with Crippen LogP contribution in [0.2, 0.25) is 0 Å². The van der Waals surface area contributed by atoms with Gasteiger partial charge in [0.2, 0.25) is 10.0 Å². The number of carbonyl (C=O) groups is 1. The zero-order valence-corrected chi connectivity index (χ0v) is 19.4. The number of rotatable bonds is 5. The second-order valence-corrected chi connectivity index (χ2v) is 9.58. The molecule has 2 aliphatic rings. The highest BCUT2D eigenvalue weighted by molar-refractivity contribution is 7.89. The normalized spacial score (nSPS) is 19.1. The molecule has 2 aromatic rings. The molecular formula is C24H32N2O4S. The predicted molar refractivity (Wildman–Crippen MR) is 121 cm³/mol. The van der Waals surface area contributed by atoms with E-state index in [1.807, 2.05) is 32.0 Å². The molecule has 31 heavy (non-hydrogen) atoms.